The van der Waals surface area contributed by atoms with Crippen molar-refractivity contribution in [3.8, 4) is 28.7 Å². The topological polar surface area (TPSA) is 46.2 Å². The number of hydrogen-bond donors (Lipinski definition) is 0. The van der Waals surface area contributed by atoms with E-state index in [-0.39, 0.29) is 23.7 Å². The largest absolute Gasteiger partial charge is 0.494 e. The lowest BCUT2D eigenvalue weighted by Gasteiger charge is -2.20. The van der Waals surface area contributed by atoms with Crippen molar-refractivity contribution >= 4 is 0 Å². The number of aryl methyl sites for hydroxylation is 1. The molecule has 13 heteroatoms. The van der Waals surface area contributed by atoms with Gasteiger partial charge >= 0.3 is 12.2 Å². The molecular weight excluding hydrogens is 772 g/mol. The molecule has 4 rings (SSSR count). The summed E-state index contributed by atoms with van der Waals surface area (Å²) < 4.78 is 140. The molecule has 0 spiro atoms. The van der Waals surface area contributed by atoms with Crippen LogP contribution in [0.2, 0.25) is 0 Å². The first-order valence-corrected chi connectivity index (χ1v) is 19.9. The number of alkyl halides is 4. The summed E-state index contributed by atoms with van der Waals surface area (Å²) in [5.74, 6) is -5.44. The highest BCUT2D eigenvalue weighted by Gasteiger charge is 2.40. The minimum Gasteiger partial charge on any atom is -0.494 e. The lowest BCUT2D eigenvalue weighted by atomic mass is 9.96. The Balaban J connectivity index is 0.976. The van der Waals surface area contributed by atoms with Crippen molar-refractivity contribution in [1.82, 2.24) is 0 Å². The van der Waals surface area contributed by atoms with Gasteiger partial charge in [-0.1, -0.05) is 77.2 Å². The van der Waals surface area contributed by atoms with Gasteiger partial charge in [0.15, 0.2) is 23.2 Å². The maximum absolute atomic E-state index is 14.6. The Kier molecular flexibility index (Phi) is 17.8. The standard InChI is InChI=1S/C45H52F8O5/c1-4-54-39-28-27-38(42(48)43(39)49)45(52,53)58-36-24-20-34(21-25-36)56-30-14-10-6-8-12-16-31(2)15-11-7-5-9-13-29-55-33-18-22-35(23-19-33)57-44(50,51)37-26-17-32(3)40(46)41(37)47/h17-28,31H,4-16,29-30H2,1-3H3. The van der Waals surface area contributed by atoms with Crippen molar-refractivity contribution in [3.63, 3.8) is 0 Å². The molecule has 0 aliphatic carbocycles. The van der Waals surface area contributed by atoms with E-state index in [1.807, 2.05) is 0 Å². The molecule has 0 fully saturated rings. The van der Waals surface area contributed by atoms with Gasteiger partial charge in [-0.3, -0.25) is 0 Å². The fourth-order valence-corrected chi connectivity index (χ4v) is 6.28. The van der Waals surface area contributed by atoms with Gasteiger partial charge in [-0.15, -0.1) is 0 Å². The van der Waals surface area contributed by atoms with Crippen LogP contribution in [0, 0.1) is 36.1 Å². The number of halogens is 8. The van der Waals surface area contributed by atoms with Crippen LogP contribution in [-0.4, -0.2) is 19.8 Å². The summed E-state index contributed by atoms with van der Waals surface area (Å²) in [6.07, 6.45) is 4.74. The van der Waals surface area contributed by atoms with Crippen molar-refractivity contribution in [2.75, 3.05) is 19.8 Å². The second kappa shape index (κ2) is 22.5. The molecule has 0 bridgehead atoms. The van der Waals surface area contributed by atoms with Crippen molar-refractivity contribution in [2.24, 2.45) is 5.92 Å². The van der Waals surface area contributed by atoms with E-state index < -0.39 is 52.4 Å². The molecule has 0 radical (unpaired) electrons. The first kappa shape index (κ1) is 46.0. The predicted octanol–water partition coefficient (Wildman–Crippen LogP) is 14.0. The molecule has 0 aliphatic heterocycles. The van der Waals surface area contributed by atoms with Crippen LogP contribution in [0.1, 0.15) is 108 Å². The molecule has 4 aromatic rings. The molecule has 0 amide bonds. The Morgan fingerprint density at radius 1 is 0.466 bits per heavy atom. The van der Waals surface area contributed by atoms with E-state index in [0.717, 1.165) is 75.6 Å². The van der Waals surface area contributed by atoms with Crippen LogP contribution < -0.4 is 23.7 Å². The number of hydrogen-bond acceptors (Lipinski definition) is 5. The molecule has 4 aromatic carbocycles. The van der Waals surface area contributed by atoms with Gasteiger partial charge in [0, 0.05) is 0 Å². The van der Waals surface area contributed by atoms with Crippen molar-refractivity contribution in [2.45, 2.75) is 110 Å². The van der Waals surface area contributed by atoms with Crippen molar-refractivity contribution in [3.05, 3.63) is 113 Å². The van der Waals surface area contributed by atoms with E-state index >= 15 is 0 Å². The maximum atomic E-state index is 14.6. The minimum atomic E-state index is -4.11. The van der Waals surface area contributed by atoms with Gasteiger partial charge in [0.1, 0.15) is 34.1 Å². The van der Waals surface area contributed by atoms with Gasteiger partial charge in [0.05, 0.1) is 19.8 Å². The molecule has 0 aliphatic rings. The zero-order valence-corrected chi connectivity index (χ0v) is 33.2. The average molecular weight is 825 g/mol. The third-order valence-corrected chi connectivity index (χ3v) is 9.61. The summed E-state index contributed by atoms with van der Waals surface area (Å²) in [6.45, 7) is 6.15. The number of rotatable bonds is 26. The van der Waals surface area contributed by atoms with Crippen LogP contribution in [0.15, 0.2) is 72.8 Å². The number of unbranched alkanes of at least 4 members (excludes halogenated alkanes) is 8. The van der Waals surface area contributed by atoms with Gasteiger partial charge in [-0.05, 0) is 105 Å². The molecule has 0 aromatic heterocycles. The minimum absolute atomic E-state index is 0.0532. The Morgan fingerprint density at radius 2 is 0.862 bits per heavy atom. The molecular formula is C45H52F8O5. The van der Waals surface area contributed by atoms with Gasteiger partial charge < -0.3 is 23.7 Å². The predicted molar refractivity (Wildman–Crippen MR) is 206 cm³/mol. The summed E-state index contributed by atoms with van der Waals surface area (Å²) >= 11 is 0. The SMILES string of the molecule is CCOc1ccc(C(F)(F)Oc2ccc(OCCCCCCCC(C)CCCCCCCOc3ccc(OC(F)(F)c4ccc(C)c(F)c4F)cc3)cc2)c(F)c1F. The Labute approximate surface area is 335 Å². The summed E-state index contributed by atoms with van der Waals surface area (Å²) in [5.41, 5.74) is -2.48. The summed E-state index contributed by atoms with van der Waals surface area (Å²) in [5, 5.41) is 0. The molecule has 0 saturated carbocycles. The van der Waals surface area contributed by atoms with Crippen LogP contribution in [-0.2, 0) is 12.2 Å². The van der Waals surface area contributed by atoms with Gasteiger partial charge in [0.2, 0.25) is 5.82 Å². The van der Waals surface area contributed by atoms with E-state index in [9.17, 15) is 35.1 Å². The lowest BCUT2D eigenvalue weighted by Crippen LogP contribution is -2.24. The second-order valence-electron chi connectivity index (χ2n) is 14.3. The zero-order chi connectivity index (χ0) is 42.1. The highest BCUT2D eigenvalue weighted by Crippen LogP contribution is 2.37. The first-order chi connectivity index (χ1) is 27.7. The number of benzene rings is 4. The van der Waals surface area contributed by atoms with Crippen molar-refractivity contribution in [1.29, 1.82) is 0 Å². The number of ether oxygens (including phenoxy) is 5. The van der Waals surface area contributed by atoms with Crippen LogP contribution in [0.3, 0.4) is 0 Å². The third-order valence-electron chi connectivity index (χ3n) is 9.61. The average Bonchev–Trinajstić information content (AvgIpc) is 3.18. The molecule has 0 N–H and O–H groups in total. The maximum Gasteiger partial charge on any atom is 0.429 e. The molecule has 0 saturated heterocycles. The normalized spacial score (nSPS) is 12.3. The van der Waals surface area contributed by atoms with Crippen molar-refractivity contribution < 1.29 is 58.8 Å². The highest BCUT2D eigenvalue weighted by molar-refractivity contribution is 5.36. The summed E-state index contributed by atoms with van der Waals surface area (Å²) in [7, 11) is 0. The fraction of sp³-hybridized carbons (Fsp3) is 0.467. The molecule has 5 nitrogen and oxygen atoms in total. The molecule has 318 valence electrons. The summed E-state index contributed by atoms with van der Waals surface area (Å²) in [4.78, 5) is 0. The van der Waals surface area contributed by atoms with E-state index in [1.54, 1.807) is 6.92 Å². The van der Waals surface area contributed by atoms with Crippen LogP contribution >= 0.6 is 0 Å². The Morgan fingerprint density at radius 3 is 1.33 bits per heavy atom. The van der Waals surface area contributed by atoms with Crippen LogP contribution in [0.4, 0.5) is 35.1 Å². The van der Waals surface area contributed by atoms with E-state index in [0.29, 0.717) is 30.6 Å². The molecule has 0 heterocycles. The summed E-state index contributed by atoms with van der Waals surface area (Å²) in [6, 6.07) is 14.7. The van der Waals surface area contributed by atoms with Gasteiger partial charge in [-0.25, -0.2) is 13.2 Å². The van der Waals surface area contributed by atoms with Gasteiger partial charge in [0.25, 0.3) is 0 Å². The second-order valence-corrected chi connectivity index (χ2v) is 14.3. The van der Waals surface area contributed by atoms with Crippen LogP contribution in [0.25, 0.3) is 0 Å². The molecule has 1 atom stereocenters. The quantitative estimate of drug-likeness (QED) is 0.0466. The van der Waals surface area contributed by atoms with E-state index in [4.69, 9.17) is 14.2 Å². The Hall–Kier alpha value is -4.68. The fourth-order valence-electron chi connectivity index (χ4n) is 6.28. The lowest BCUT2D eigenvalue weighted by molar-refractivity contribution is -0.188. The third kappa shape index (κ3) is 14.0. The monoisotopic (exact) mass is 824 g/mol. The van der Waals surface area contributed by atoms with Gasteiger partial charge in [-0.2, -0.15) is 22.0 Å². The zero-order valence-electron chi connectivity index (χ0n) is 33.2. The van der Waals surface area contributed by atoms with E-state index in [1.165, 1.54) is 81.1 Å². The first-order valence-electron chi connectivity index (χ1n) is 19.9. The molecule has 58 heavy (non-hydrogen) atoms. The smallest absolute Gasteiger partial charge is 0.429 e. The van der Waals surface area contributed by atoms with E-state index in [2.05, 4.69) is 16.4 Å². The van der Waals surface area contributed by atoms with Crippen LogP contribution in [0.5, 0.6) is 28.7 Å². The Bertz CT molecular complexity index is 1840. The highest BCUT2D eigenvalue weighted by atomic mass is 19.3. The molecule has 1 unspecified atom stereocenters.